The molecule has 0 bridgehead atoms. The van der Waals surface area contributed by atoms with Crippen LogP contribution in [0.15, 0.2) is 24.3 Å². The van der Waals surface area contributed by atoms with Gasteiger partial charge >= 0.3 is 12.3 Å². The van der Waals surface area contributed by atoms with Gasteiger partial charge in [0.15, 0.2) is 0 Å². The summed E-state index contributed by atoms with van der Waals surface area (Å²) in [6.07, 6.45) is -4.70. The highest BCUT2D eigenvalue weighted by Gasteiger charge is 2.41. The van der Waals surface area contributed by atoms with Crippen molar-refractivity contribution in [2.45, 2.75) is 24.9 Å². The number of aliphatic hydroxyl groups excluding tert-OH is 1. The lowest BCUT2D eigenvalue weighted by Gasteiger charge is -2.17. The number of alkyl halides is 4. The van der Waals surface area contributed by atoms with Gasteiger partial charge in [-0.25, -0.2) is 8.78 Å². The molecule has 1 unspecified atom stereocenters. The van der Waals surface area contributed by atoms with Crippen molar-refractivity contribution < 1.29 is 27.4 Å². The van der Waals surface area contributed by atoms with Crippen molar-refractivity contribution in [3.05, 3.63) is 34.9 Å². The number of hydrogen-bond donors (Lipinski definition) is 1. The van der Waals surface area contributed by atoms with Gasteiger partial charge in [-0.2, -0.15) is 8.78 Å². The minimum Gasteiger partial charge on any atom is -0.390 e. The van der Waals surface area contributed by atoms with E-state index in [1.54, 1.807) is 24.3 Å². The van der Waals surface area contributed by atoms with Crippen LogP contribution in [0.25, 0.3) is 0 Å². The van der Waals surface area contributed by atoms with Crippen molar-refractivity contribution >= 4 is 11.6 Å². The summed E-state index contributed by atoms with van der Waals surface area (Å²) in [5.74, 6) is -4.20. The zero-order valence-corrected chi connectivity index (χ0v) is 10.6. The molecule has 19 heavy (non-hydrogen) atoms. The molecule has 1 aromatic carbocycles. The van der Waals surface area contributed by atoms with E-state index < -0.39 is 31.7 Å². The zero-order chi connectivity index (χ0) is 14.5. The van der Waals surface area contributed by atoms with Gasteiger partial charge in [0.1, 0.15) is 6.61 Å². The molecule has 1 aromatic rings. The molecule has 0 aliphatic rings. The Bertz CT molecular complexity index is 401. The van der Waals surface area contributed by atoms with Crippen molar-refractivity contribution in [1.29, 1.82) is 0 Å². The second-order valence-corrected chi connectivity index (χ2v) is 4.50. The van der Waals surface area contributed by atoms with Crippen molar-refractivity contribution in [3.8, 4) is 0 Å². The third-order valence-electron chi connectivity index (χ3n) is 2.28. The highest BCUT2D eigenvalue weighted by molar-refractivity contribution is 6.30. The quantitative estimate of drug-likeness (QED) is 0.784. The van der Waals surface area contributed by atoms with Crippen LogP contribution in [0, 0.1) is 0 Å². The number of rotatable bonds is 7. The fourth-order valence-corrected chi connectivity index (χ4v) is 1.60. The molecule has 0 saturated heterocycles. The van der Waals surface area contributed by atoms with E-state index in [4.69, 9.17) is 11.6 Å². The molecule has 1 rings (SSSR count). The molecule has 0 heterocycles. The summed E-state index contributed by atoms with van der Waals surface area (Å²) in [5.41, 5.74) is 0.698. The van der Waals surface area contributed by atoms with Gasteiger partial charge in [-0.3, -0.25) is 0 Å². The van der Waals surface area contributed by atoms with Crippen LogP contribution in [-0.2, 0) is 11.2 Å². The second-order valence-electron chi connectivity index (χ2n) is 4.06. The first kappa shape index (κ1) is 16.2. The monoisotopic (exact) mass is 300 g/mol. The Morgan fingerprint density at radius 2 is 2.00 bits per heavy atom. The molecule has 0 aliphatic heterocycles. The number of hydrogen-bond acceptors (Lipinski definition) is 2. The molecule has 1 N–H and O–H groups in total. The summed E-state index contributed by atoms with van der Waals surface area (Å²) < 4.78 is 53.1. The first-order valence-electron chi connectivity index (χ1n) is 5.47. The Labute approximate surface area is 112 Å². The summed E-state index contributed by atoms with van der Waals surface area (Å²) >= 11 is 5.73. The van der Waals surface area contributed by atoms with Gasteiger partial charge in [0.2, 0.25) is 0 Å². The topological polar surface area (TPSA) is 29.5 Å². The Balaban J connectivity index is 2.34. The first-order valence-corrected chi connectivity index (χ1v) is 5.85. The molecule has 7 heteroatoms. The standard InChI is InChI=1S/C12H13ClF4O2/c13-9-3-1-2-8(4-9)5-10(18)6-19-7-12(16,17)11(14)15/h1-4,10-11,18H,5-7H2. The minimum atomic E-state index is -4.20. The van der Waals surface area contributed by atoms with E-state index >= 15 is 0 Å². The van der Waals surface area contributed by atoms with E-state index in [9.17, 15) is 22.7 Å². The van der Waals surface area contributed by atoms with Gasteiger partial charge < -0.3 is 9.84 Å². The van der Waals surface area contributed by atoms with Crippen molar-refractivity contribution in [3.63, 3.8) is 0 Å². The molecule has 1 atom stereocenters. The second kappa shape index (κ2) is 7.07. The molecule has 2 nitrogen and oxygen atoms in total. The minimum absolute atomic E-state index is 0.140. The van der Waals surface area contributed by atoms with Crippen molar-refractivity contribution in [1.82, 2.24) is 0 Å². The lowest BCUT2D eigenvalue weighted by atomic mass is 10.1. The molecule has 0 aromatic heterocycles. The molecule has 0 radical (unpaired) electrons. The van der Waals surface area contributed by atoms with Crippen LogP contribution < -0.4 is 0 Å². The first-order chi connectivity index (χ1) is 8.81. The summed E-state index contributed by atoms with van der Waals surface area (Å²) in [7, 11) is 0. The average Bonchev–Trinajstić information content (AvgIpc) is 2.28. The Morgan fingerprint density at radius 3 is 2.58 bits per heavy atom. The summed E-state index contributed by atoms with van der Waals surface area (Å²) in [6.45, 7) is -1.87. The SMILES string of the molecule is OC(COCC(F)(F)C(F)F)Cc1cccc(Cl)c1. The summed E-state index contributed by atoms with van der Waals surface area (Å²) in [6, 6.07) is 6.63. The molecular weight excluding hydrogens is 288 g/mol. The van der Waals surface area contributed by atoms with E-state index in [-0.39, 0.29) is 6.42 Å². The predicted octanol–water partition coefficient (Wildman–Crippen LogP) is 3.16. The molecule has 0 amide bonds. The van der Waals surface area contributed by atoms with Gasteiger partial charge in [0, 0.05) is 11.4 Å². The van der Waals surface area contributed by atoms with Crippen LogP contribution in [0.3, 0.4) is 0 Å². The highest BCUT2D eigenvalue weighted by atomic mass is 35.5. The van der Waals surface area contributed by atoms with E-state index in [1.807, 2.05) is 0 Å². The maximum absolute atomic E-state index is 12.5. The van der Waals surface area contributed by atoms with Crippen molar-refractivity contribution in [2.24, 2.45) is 0 Å². The third-order valence-corrected chi connectivity index (χ3v) is 2.52. The smallest absolute Gasteiger partial charge is 0.330 e. The Hall–Kier alpha value is -0.850. The van der Waals surface area contributed by atoms with Gasteiger partial charge in [-0.15, -0.1) is 0 Å². The van der Waals surface area contributed by atoms with Crippen LogP contribution in [0.4, 0.5) is 17.6 Å². The maximum atomic E-state index is 12.5. The molecule has 0 fully saturated rings. The number of ether oxygens (including phenoxy) is 1. The lowest BCUT2D eigenvalue weighted by Crippen LogP contribution is -2.34. The summed E-state index contributed by atoms with van der Waals surface area (Å²) in [5, 5.41) is 10.0. The highest BCUT2D eigenvalue weighted by Crippen LogP contribution is 2.23. The largest absolute Gasteiger partial charge is 0.390 e. The van der Waals surface area contributed by atoms with Crippen LogP contribution in [-0.4, -0.2) is 36.8 Å². The third kappa shape index (κ3) is 5.76. The van der Waals surface area contributed by atoms with Crippen LogP contribution in [0.5, 0.6) is 0 Å². The Morgan fingerprint density at radius 1 is 1.32 bits per heavy atom. The van der Waals surface area contributed by atoms with E-state index in [1.165, 1.54) is 0 Å². The maximum Gasteiger partial charge on any atom is 0.330 e. The van der Waals surface area contributed by atoms with E-state index in [0.717, 1.165) is 0 Å². The predicted molar refractivity (Wildman–Crippen MR) is 62.9 cm³/mol. The normalized spacial score (nSPS) is 13.8. The zero-order valence-electron chi connectivity index (χ0n) is 9.83. The summed E-state index contributed by atoms with van der Waals surface area (Å²) in [4.78, 5) is 0. The molecule has 0 saturated carbocycles. The van der Waals surface area contributed by atoms with E-state index in [0.29, 0.717) is 10.6 Å². The fraction of sp³-hybridized carbons (Fsp3) is 0.500. The van der Waals surface area contributed by atoms with Crippen LogP contribution >= 0.6 is 11.6 Å². The van der Waals surface area contributed by atoms with Gasteiger partial charge in [-0.05, 0) is 17.7 Å². The molecule has 108 valence electrons. The van der Waals surface area contributed by atoms with Gasteiger partial charge in [0.25, 0.3) is 0 Å². The molecule has 0 spiro atoms. The number of benzene rings is 1. The average molecular weight is 301 g/mol. The molecule has 0 aliphatic carbocycles. The van der Waals surface area contributed by atoms with Crippen LogP contribution in [0.1, 0.15) is 5.56 Å². The van der Waals surface area contributed by atoms with Gasteiger partial charge in [-0.1, -0.05) is 23.7 Å². The van der Waals surface area contributed by atoms with E-state index in [2.05, 4.69) is 4.74 Å². The molecular formula is C12H13ClF4O2. The lowest BCUT2D eigenvalue weighted by molar-refractivity contribution is -0.170. The van der Waals surface area contributed by atoms with Crippen molar-refractivity contribution in [2.75, 3.05) is 13.2 Å². The van der Waals surface area contributed by atoms with Crippen LogP contribution in [0.2, 0.25) is 5.02 Å². The fourth-order valence-electron chi connectivity index (χ4n) is 1.39. The number of halogens is 5. The van der Waals surface area contributed by atoms with Gasteiger partial charge in [0.05, 0.1) is 12.7 Å². The Kier molecular flexibility index (Phi) is 6.03. The number of aliphatic hydroxyl groups is 1.